The van der Waals surface area contributed by atoms with Crippen LogP contribution in [0.25, 0.3) is 22.6 Å². The molecule has 0 amide bonds. The van der Waals surface area contributed by atoms with Crippen molar-refractivity contribution in [1.29, 1.82) is 0 Å². The molecule has 0 saturated heterocycles. The Bertz CT molecular complexity index is 1550. The predicted molar refractivity (Wildman–Crippen MR) is 147 cm³/mol. The zero-order valence-electron chi connectivity index (χ0n) is 22.9. The van der Waals surface area contributed by atoms with E-state index >= 15 is 0 Å². The number of carbonyl (C=O) groups is 1. The van der Waals surface area contributed by atoms with Gasteiger partial charge in [-0.05, 0) is 60.4 Å². The molecule has 5 rings (SSSR count). The monoisotopic (exact) mass is 551 g/mol. The Morgan fingerprint density at radius 3 is 2.33 bits per heavy atom. The zero-order valence-corrected chi connectivity index (χ0v) is 22.9. The minimum atomic E-state index is -4.44. The molecule has 1 saturated carbocycles. The standard InChI is InChI=1S/C30H32F3N5O2/c1-17(19-7-5-8-19)34-24-23-25(36-26(35-24)28(39)40)37-27(20-9-6-10-22(15-20)29(2,3)4)38(23)16-18-11-13-21(14-12-18)30(31,32)33/h6,9-15,17,19H,5,7-8,16H2,1-4H3,(H,39,40)(H,34,35,36). The number of hydrogen-bond acceptors (Lipinski definition) is 5. The Kier molecular flexibility index (Phi) is 7.06. The van der Waals surface area contributed by atoms with Crippen molar-refractivity contribution < 1.29 is 23.1 Å². The third-order valence-electron chi connectivity index (χ3n) is 7.62. The van der Waals surface area contributed by atoms with Crippen LogP contribution in [0.4, 0.5) is 19.0 Å². The minimum absolute atomic E-state index is 0.0376. The van der Waals surface area contributed by atoms with Gasteiger partial charge in [0.1, 0.15) is 11.3 Å². The van der Waals surface area contributed by atoms with Crippen LogP contribution in [0.15, 0.2) is 48.5 Å². The number of halogens is 3. The quantitative estimate of drug-likeness (QED) is 0.253. The Labute approximate surface area is 230 Å². The van der Waals surface area contributed by atoms with Crippen molar-refractivity contribution in [2.24, 2.45) is 5.92 Å². The first-order valence-corrected chi connectivity index (χ1v) is 13.4. The van der Waals surface area contributed by atoms with Crippen LogP contribution in [0.1, 0.15) is 74.3 Å². The molecule has 2 heterocycles. The molecular formula is C30H32F3N5O2. The van der Waals surface area contributed by atoms with E-state index in [0.717, 1.165) is 42.5 Å². The average molecular weight is 552 g/mol. The third kappa shape index (κ3) is 5.52. The van der Waals surface area contributed by atoms with Gasteiger partial charge in [0.2, 0.25) is 5.82 Å². The molecule has 2 N–H and O–H groups in total. The second-order valence-corrected chi connectivity index (χ2v) is 11.5. The van der Waals surface area contributed by atoms with Crippen molar-refractivity contribution >= 4 is 23.0 Å². The van der Waals surface area contributed by atoms with E-state index in [-0.39, 0.29) is 29.5 Å². The number of carboxylic acid groups (broad SMARTS) is 1. The van der Waals surface area contributed by atoms with Crippen LogP contribution in [0.5, 0.6) is 0 Å². The smallest absolute Gasteiger partial charge is 0.416 e. The molecule has 10 heteroatoms. The van der Waals surface area contributed by atoms with Crippen molar-refractivity contribution in [3.8, 4) is 11.4 Å². The molecule has 0 radical (unpaired) electrons. The average Bonchev–Trinajstić information content (AvgIpc) is 3.20. The Balaban J connectivity index is 1.70. The molecule has 0 bridgehead atoms. The molecule has 1 fully saturated rings. The molecule has 7 nitrogen and oxygen atoms in total. The van der Waals surface area contributed by atoms with E-state index < -0.39 is 17.7 Å². The van der Waals surface area contributed by atoms with Gasteiger partial charge in [0.25, 0.3) is 0 Å². The van der Waals surface area contributed by atoms with Crippen LogP contribution >= 0.6 is 0 Å². The van der Waals surface area contributed by atoms with Crippen molar-refractivity contribution in [3.05, 3.63) is 71.0 Å². The van der Waals surface area contributed by atoms with Crippen LogP contribution < -0.4 is 5.32 Å². The van der Waals surface area contributed by atoms with Crippen LogP contribution in [0, 0.1) is 5.92 Å². The molecule has 210 valence electrons. The maximum absolute atomic E-state index is 13.2. The first-order chi connectivity index (χ1) is 18.8. The van der Waals surface area contributed by atoms with Gasteiger partial charge in [-0.25, -0.2) is 19.7 Å². The lowest BCUT2D eigenvalue weighted by Crippen LogP contribution is -2.31. The molecule has 40 heavy (non-hydrogen) atoms. The lowest BCUT2D eigenvalue weighted by atomic mass is 9.80. The Morgan fingerprint density at radius 1 is 1.05 bits per heavy atom. The normalized spacial score (nSPS) is 15.2. The number of carboxylic acids is 1. The van der Waals surface area contributed by atoms with E-state index in [1.807, 2.05) is 35.8 Å². The highest BCUT2D eigenvalue weighted by Crippen LogP contribution is 2.35. The third-order valence-corrected chi connectivity index (χ3v) is 7.62. The molecule has 4 aromatic rings. The summed E-state index contributed by atoms with van der Waals surface area (Å²) in [6.07, 6.45) is -1.14. The van der Waals surface area contributed by atoms with Gasteiger partial charge in [-0.15, -0.1) is 0 Å². The summed E-state index contributed by atoms with van der Waals surface area (Å²) in [6.45, 7) is 8.54. The van der Waals surface area contributed by atoms with E-state index in [9.17, 15) is 23.1 Å². The van der Waals surface area contributed by atoms with Crippen LogP contribution in [-0.4, -0.2) is 36.6 Å². The number of aromatic carboxylic acids is 1. The first-order valence-electron chi connectivity index (χ1n) is 13.4. The number of imidazole rings is 1. The molecule has 2 aromatic carbocycles. The summed E-state index contributed by atoms with van der Waals surface area (Å²) in [4.78, 5) is 25.3. The lowest BCUT2D eigenvalue weighted by Gasteiger charge is -2.32. The number of fused-ring (bicyclic) bond motifs is 1. The maximum Gasteiger partial charge on any atom is 0.416 e. The topological polar surface area (TPSA) is 92.9 Å². The van der Waals surface area contributed by atoms with Gasteiger partial charge in [-0.1, -0.05) is 57.5 Å². The molecule has 1 atom stereocenters. The summed E-state index contributed by atoms with van der Waals surface area (Å²) in [7, 11) is 0. The van der Waals surface area contributed by atoms with E-state index in [2.05, 4.69) is 36.1 Å². The number of nitrogens with zero attached hydrogens (tertiary/aromatic N) is 4. The van der Waals surface area contributed by atoms with Gasteiger partial charge in [0, 0.05) is 18.2 Å². The molecule has 1 aliphatic rings. The van der Waals surface area contributed by atoms with Gasteiger partial charge in [-0.3, -0.25) is 0 Å². The number of alkyl halides is 3. The number of anilines is 1. The van der Waals surface area contributed by atoms with Crippen molar-refractivity contribution in [2.45, 2.75) is 71.1 Å². The van der Waals surface area contributed by atoms with Crippen LogP contribution in [0.3, 0.4) is 0 Å². The molecule has 1 unspecified atom stereocenters. The highest BCUT2D eigenvalue weighted by atomic mass is 19.4. The fourth-order valence-electron chi connectivity index (χ4n) is 4.99. The summed E-state index contributed by atoms with van der Waals surface area (Å²) >= 11 is 0. The summed E-state index contributed by atoms with van der Waals surface area (Å²) in [6, 6.07) is 13.0. The highest BCUT2D eigenvalue weighted by molar-refractivity contribution is 5.92. The molecule has 2 aromatic heterocycles. The lowest BCUT2D eigenvalue weighted by molar-refractivity contribution is -0.137. The summed E-state index contributed by atoms with van der Waals surface area (Å²) in [5.74, 6) is -0.330. The number of benzene rings is 2. The number of nitrogens with one attached hydrogen (secondary N) is 1. The van der Waals surface area contributed by atoms with Crippen molar-refractivity contribution in [3.63, 3.8) is 0 Å². The summed E-state index contributed by atoms with van der Waals surface area (Å²) < 4.78 is 41.5. The number of rotatable bonds is 7. The first kappa shape index (κ1) is 27.6. The maximum atomic E-state index is 13.2. The number of aromatic nitrogens is 4. The van der Waals surface area contributed by atoms with Gasteiger partial charge in [0.15, 0.2) is 11.5 Å². The van der Waals surface area contributed by atoms with Crippen molar-refractivity contribution in [1.82, 2.24) is 19.5 Å². The zero-order chi connectivity index (χ0) is 28.8. The van der Waals surface area contributed by atoms with Crippen LogP contribution in [-0.2, 0) is 18.1 Å². The summed E-state index contributed by atoms with van der Waals surface area (Å²) in [5, 5.41) is 13.1. The van der Waals surface area contributed by atoms with E-state index in [0.29, 0.717) is 28.6 Å². The Morgan fingerprint density at radius 2 is 1.75 bits per heavy atom. The van der Waals surface area contributed by atoms with Crippen molar-refractivity contribution in [2.75, 3.05) is 5.32 Å². The van der Waals surface area contributed by atoms with Gasteiger partial charge in [0.05, 0.1) is 5.56 Å². The summed E-state index contributed by atoms with van der Waals surface area (Å²) in [5.41, 5.74) is 2.34. The molecule has 0 aliphatic heterocycles. The molecule has 1 aliphatic carbocycles. The van der Waals surface area contributed by atoms with Crippen LogP contribution in [0.2, 0.25) is 0 Å². The fraction of sp³-hybridized carbons (Fsp3) is 0.400. The SMILES string of the molecule is CC(Nc1nc(C(=O)O)nc2nc(-c3cccc(C(C)(C)C)c3)n(Cc3ccc(C(F)(F)F)cc3)c12)C1CCC1. The molecule has 0 spiro atoms. The van der Waals surface area contributed by atoms with Gasteiger partial charge in [-0.2, -0.15) is 13.2 Å². The second-order valence-electron chi connectivity index (χ2n) is 11.5. The van der Waals surface area contributed by atoms with E-state index in [4.69, 9.17) is 4.98 Å². The second kappa shape index (κ2) is 10.2. The van der Waals surface area contributed by atoms with E-state index in [1.165, 1.54) is 12.1 Å². The van der Waals surface area contributed by atoms with Gasteiger partial charge >= 0.3 is 12.1 Å². The Hall–Kier alpha value is -3.95. The number of hydrogen-bond donors (Lipinski definition) is 2. The highest BCUT2D eigenvalue weighted by Gasteiger charge is 2.31. The molecular weight excluding hydrogens is 519 g/mol. The minimum Gasteiger partial charge on any atom is -0.475 e. The van der Waals surface area contributed by atoms with E-state index in [1.54, 1.807) is 0 Å². The van der Waals surface area contributed by atoms with Gasteiger partial charge < -0.3 is 15.0 Å². The fourth-order valence-corrected chi connectivity index (χ4v) is 4.99. The largest absolute Gasteiger partial charge is 0.475 e. The predicted octanol–water partition coefficient (Wildman–Crippen LogP) is 7.16.